The van der Waals surface area contributed by atoms with Crippen LogP contribution in [0.2, 0.25) is 5.02 Å². The van der Waals surface area contributed by atoms with E-state index in [4.69, 9.17) is 11.6 Å². The van der Waals surface area contributed by atoms with E-state index in [1.54, 1.807) is 50.2 Å². The fourth-order valence-electron chi connectivity index (χ4n) is 4.86. The highest BCUT2D eigenvalue weighted by Crippen LogP contribution is 2.31. The highest BCUT2D eigenvalue weighted by Gasteiger charge is 2.34. The Labute approximate surface area is 240 Å². The van der Waals surface area contributed by atoms with Crippen molar-refractivity contribution in [1.29, 1.82) is 0 Å². The standard InChI is InChI=1S/C30H33ClFN3O4S/c1-21-27(31)13-8-14-28(21)35(40(38,39)26-11-4-3-5-12-26)20-29(36)34(19-23-15-17-24(32)18-16-23)22(2)30(37)33-25-9-6-7-10-25/h3-5,8,11-18,22,25H,6-7,9-10,19-20H2,1-2H3,(H,33,37). The average Bonchev–Trinajstić information content (AvgIpc) is 3.46. The molecule has 10 heteroatoms. The van der Waals surface area contributed by atoms with E-state index in [0.29, 0.717) is 16.1 Å². The first kappa shape index (κ1) is 29.6. The summed E-state index contributed by atoms with van der Waals surface area (Å²) >= 11 is 6.35. The summed E-state index contributed by atoms with van der Waals surface area (Å²) in [7, 11) is -4.19. The van der Waals surface area contributed by atoms with Crippen molar-refractivity contribution in [3.05, 3.63) is 94.8 Å². The van der Waals surface area contributed by atoms with Crippen molar-refractivity contribution in [3.63, 3.8) is 0 Å². The van der Waals surface area contributed by atoms with Gasteiger partial charge in [-0.1, -0.05) is 60.8 Å². The number of nitrogens with zero attached hydrogens (tertiary/aromatic N) is 2. The SMILES string of the molecule is Cc1c(Cl)cccc1N(CC(=O)N(Cc1ccc(F)cc1)C(C)C(=O)NC1CCCC1)S(=O)(=O)c1ccccc1. The van der Waals surface area contributed by atoms with Gasteiger partial charge >= 0.3 is 0 Å². The number of sulfonamides is 1. The van der Waals surface area contributed by atoms with E-state index in [1.807, 2.05) is 0 Å². The monoisotopic (exact) mass is 585 g/mol. The summed E-state index contributed by atoms with van der Waals surface area (Å²) in [5, 5.41) is 3.38. The molecule has 1 fully saturated rings. The van der Waals surface area contributed by atoms with Gasteiger partial charge in [0.1, 0.15) is 18.4 Å². The number of carbonyl (C=O) groups is 2. The van der Waals surface area contributed by atoms with Crippen LogP contribution >= 0.6 is 11.6 Å². The third-order valence-electron chi connectivity index (χ3n) is 7.25. The van der Waals surface area contributed by atoms with Crippen LogP contribution in [0.1, 0.15) is 43.7 Å². The first-order chi connectivity index (χ1) is 19.1. The van der Waals surface area contributed by atoms with E-state index < -0.39 is 34.3 Å². The second-order valence-corrected chi connectivity index (χ2v) is 12.3. The third-order valence-corrected chi connectivity index (χ3v) is 9.44. The number of anilines is 1. The topological polar surface area (TPSA) is 86.8 Å². The molecule has 0 spiro atoms. The van der Waals surface area contributed by atoms with Crippen molar-refractivity contribution in [2.75, 3.05) is 10.8 Å². The number of amides is 2. The molecule has 0 bridgehead atoms. The van der Waals surface area contributed by atoms with Gasteiger partial charge in [-0.05, 0) is 74.2 Å². The van der Waals surface area contributed by atoms with Crippen molar-refractivity contribution in [2.24, 2.45) is 0 Å². The molecule has 3 aromatic carbocycles. The molecular weight excluding hydrogens is 553 g/mol. The summed E-state index contributed by atoms with van der Waals surface area (Å²) in [6.07, 6.45) is 3.81. The lowest BCUT2D eigenvalue weighted by molar-refractivity contribution is -0.139. The Bertz CT molecular complexity index is 1450. The minimum absolute atomic E-state index is 0.00782. The first-order valence-electron chi connectivity index (χ1n) is 13.2. The summed E-state index contributed by atoms with van der Waals surface area (Å²) in [4.78, 5) is 28.6. The normalized spacial score (nSPS) is 14.5. The number of rotatable bonds is 10. The number of nitrogens with one attached hydrogen (secondary N) is 1. The average molecular weight is 586 g/mol. The van der Waals surface area contributed by atoms with Crippen LogP contribution in [0.3, 0.4) is 0 Å². The Kier molecular flexibility index (Phi) is 9.48. The summed E-state index contributed by atoms with van der Waals surface area (Å²) in [6, 6.07) is 17.5. The highest BCUT2D eigenvalue weighted by molar-refractivity contribution is 7.92. The quantitative estimate of drug-likeness (QED) is 0.342. The molecule has 40 heavy (non-hydrogen) atoms. The summed E-state index contributed by atoms with van der Waals surface area (Å²) in [6.45, 7) is 2.72. The van der Waals surface area contributed by atoms with Crippen molar-refractivity contribution >= 4 is 39.1 Å². The maximum absolute atomic E-state index is 14.0. The molecule has 1 N–H and O–H groups in total. The zero-order valence-electron chi connectivity index (χ0n) is 22.5. The molecule has 0 aromatic heterocycles. The van der Waals surface area contributed by atoms with Crippen LogP contribution < -0.4 is 9.62 Å². The predicted octanol–water partition coefficient (Wildman–Crippen LogP) is 5.46. The van der Waals surface area contributed by atoms with Gasteiger partial charge in [0.15, 0.2) is 0 Å². The van der Waals surface area contributed by atoms with Gasteiger partial charge in [0.05, 0.1) is 10.6 Å². The third kappa shape index (κ3) is 6.82. The maximum Gasteiger partial charge on any atom is 0.264 e. The lowest BCUT2D eigenvalue weighted by Gasteiger charge is -2.33. The molecule has 1 unspecified atom stereocenters. The maximum atomic E-state index is 14.0. The Hall–Kier alpha value is -3.43. The molecule has 3 aromatic rings. The second kappa shape index (κ2) is 12.8. The lowest BCUT2D eigenvalue weighted by Crippen LogP contribution is -2.52. The molecule has 7 nitrogen and oxygen atoms in total. The van der Waals surface area contributed by atoms with E-state index in [9.17, 15) is 22.4 Å². The molecular formula is C30H33ClFN3O4S. The molecule has 1 saturated carbocycles. The Morgan fingerprint density at radius 3 is 2.30 bits per heavy atom. The van der Waals surface area contributed by atoms with Gasteiger partial charge in [0, 0.05) is 17.6 Å². The van der Waals surface area contributed by atoms with Crippen LogP contribution in [-0.2, 0) is 26.2 Å². The van der Waals surface area contributed by atoms with Crippen LogP contribution in [0.25, 0.3) is 0 Å². The largest absolute Gasteiger partial charge is 0.352 e. The first-order valence-corrected chi connectivity index (χ1v) is 15.1. The molecule has 1 aliphatic carbocycles. The molecule has 0 heterocycles. The van der Waals surface area contributed by atoms with E-state index in [1.165, 1.54) is 41.3 Å². The molecule has 2 amide bonds. The molecule has 4 rings (SSSR count). The van der Waals surface area contributed by atoms with Crippen molar-refractivity contribution in [3.8, 4) is 0 Å². The van der Waals surface area contributed by atoms with E-state index in [0.717, 1.165) is 30.0 Å². The number of hydrogen-bond acceptors (Lipinski definition) is 4. The van der Waals surface area contributed by atoms with E-state index in [2.05, 4.69) is 5.32 Å². The van der Waals surface area contributed by atoms with Crippen molar-refractivity contribution < 1.29 is 22.4 Å². The predicted molar refractivity (Wildman–Crippen MR) is 154 cm³/mol. The molecule has 1 aliphatic rings. The number of benzene rings is 3. The van der Waals surface area contributed by atoms with Crippen molar-refractivity contribution in [2.45, 2.75) is 63.1 Å². The zero-order valence-corrected chi connectivity index (χ0v) is 24.1. The van der Waals surface area contributed by atoms with Crippen LogP contribution in [0.15, 0.2) is 77.7 Å². The smallest absolute Gasteiger partial charge is 0.264 e. The van der Waals surface area contributed by atoms with Gasteiger partial charge < -0.3 is 10.2 Å². The molecule has 0 radical (unpaired) electrons. The Morgan fingerprint density at radius 2 is 1.65 bits per heavy atom. The fourth-order valence-corrected chi connectivity index (χ4v) is 6.52. The van der Waals surface area contributed by atoms with Gasteiger partial charge in [-0.3, -0.25) is 13.9 Å². The van der Waals surface area contributed by atoms with Crippen LogP contribution in [-0.4, -0.2) is 43.8 Å². The van der Waals surface area contributed by atoms with Crippen molar-refractivity contribution in [1.82, 2.24) is 10.2 Å². The molecule has 0 saturated heterocycles. The van der Waals surface area contributed by atoms with E-state index >= 15 is 0 Å². The molecule has 1 atom stereocenters. The summed E-state index contributed by atoms with van der Waals surface area (Å²) in [5.74, 6) is -1.33. The molecule has 0 aliphatic heterocycles. The summed E-state index contributed by atoms with van der Waals surface area (Å²) < 4.78 is 42.4. The van der Waals surface area contributed by atoms with Gasteiger partial charge in [-0.25, -0.2) is 12.8 Å². The van der Waals surface area contributed by atoms with Crippen LogP contribution in [0, 0.1) is 12.7 Å². The Balaban J connectivity index is 1.70. The Morgan fingerprint density at radius 1 is 1.00 bits per heavy atom. The number of carbonyl (C=O) groups excluding carboxylic acids is 2. The highest BCUT2D eigenvalue weighted by atomic mass is 35.5. The van der Waals surface area contributed by atoms with Gasteiger partial charge in [0.2, 0.25) is 11.8 Å². The van der Waals surface area contributed by atoms with Gasteiger partial charge in [-0.2, -0.15) is 0 Å². The zero-order chi connectivity index (χ0) is 28.9. The lowest BCUT2D eigenvalue weighted by atomic mass is 10.1. The fraction of sp³-hybridized carbons (Fsp3) is 0.333. The van der Waals surface area contributed by atoms with Gasteiger partial charge in [-0.15, -0.1) is 0 Å². The number of hydrogen-bond donors (Lipinski definition) is 1. The summed E-state index contributed by atoms with van der Waals surface area (Å²) in [5.41, 5.74) is 1.36. The van der Waals surface area contributed by atoms with Crippen LogP contribution in [0.4, 0.5) is 10.1 Å². The van der Waals surface area contributed by atoms with Crippen LogP contribution in [0.5, 0.6) is 0 Å². The van der Waals surface area contributed by atoms with Gasteiger partial charge in [0.25, 0.3) is 10.0 Å². The second-order valence-electron chi connectivity index (χ2n) is 10.0. The minimum atomic E-state index is -4.19. The number of halogens is 2. The van der Waals surface area contributed by atoms with E-state index in [-0.39, 0.29) is 29.1 Å². The minimum Gasteiger partial charge on any atom is -0.352 e. The molecule has 212 valence electrons.